The number of hydrogen-bond donors (Lipinski definition) is 1. The average Bonchev–Trinajstić information content (AvgIpc) is 2.76. The number of anilines is 1. The van der Waals surface area contributed by atoms with Gasteiger partial charge in [-0.25, -0.2) is 4.79 Å². The standard InChI is InChI=1S/C21H24BrNO8/c1-6-30-17-8-12(7-14(22)19(17)28-4)21(25)31-11-18(24)23-13-9-15(26-2)20(29-5)16(10-13)27-3/h7-10H,6,11H2,1-5H3,(H,23,24). The molecule has 0 aliphatic heterocycles. The van der Waals surface area contributed by atoms with Crippen LogP contribution < -0.4 is 29.0 Å². The van der Waals surface area contributed by atoms with E-state index in [1.807, 2.05) is 6.92 Å². The smallest absolute Gasteiger partial charge is 0.338 e. The van der Waals surface area contributed by atoms with Crippen LogP contribution in [0, 0.1) is 0 Å². The fourth-order valence-corrected chi connectivity index (χ4v) is 3.32. The van der Waals surface area contributed by atoms with E-state index >= 15 is 0 Å². The summed E-state index contributed by atoms with van der Waals surface area (Å²) in [5.41, 5.74) is 0.595. The Morgan fingerprint density at radius 2 is 1.48 bits per heavy atom. The highest BCUT2D eigenvalue weighted by Crippen LogP contribution is 2.40. The number of carbonyl (C=O) groups excluding carboxylic acids is 2. The summed E-state index contributed by atoms with van der Waals surface area (Å²) in [6.07, 6.45) is 0. The first-order valence-electron chi connectivity index (χ1n) is 9.15. The fraction of sp³-hybridized carbons (Fsp3) is 0.333. The topological polar surface area (TPSA) is 102 Å². The molecule has 2 rings (SSSR count). The number of ether oxygens (including phenoxy) is 6. The summed E-state index contributed by atoms with van der Waals surface area (Å²) in [6, 6.07) is 6.15. The molecule has 0 radical (unpaired) electrons. The number of halogens is 1. The number of nitrogens with one attached hydrogen (secondary N) is 1. The second-order valence-corrected chi connectivity index (χ2v) is 6.82. The zero-order chi connectivity index (χ0) is 23.0. The van der Waals surface area contributed by atoms with Gasteiger partial charge in [-0.1, -0.05) is 0 Å². The van der Waals surface area contributed by atoms with Crippen LogP contribution in [0.4, 0.5) is 5.69 Å². The first kappa shape index (κ1) is 24.1. The Morgan fingerprint density at radius 1 is 0.871 bits per heavy atom. The first-order valence-corrected chi connectivity index (χ1v) is 9.95. The maximum atomic E-state index is 12.4. The van der Waals surface area contributed by atoms with Gasteiger partial charge >= 0.3 is 5.97 Å². The monoisotopic (exact) mass is 497 g/mol. The fourth-order valence-electron chi connectivity index (χ4n) is 2.71. The average molecular weight is 498 g/mol. The first-order chi connectivity index (χ1) is 14.9. The molecule has 10 heteroatoms. The largest absolute Gasteiger partial charge is 0.493 e. The van der Waals surface area contributed by atoms with Crippen molar-refractivity contribution in [3.05, 3.63) is 34.3 Å². The van der Waals surface area contributed by atoms with Crippen molar-refractivity contribution in [3.8, 4) is 28.7 Å². The van der Waals surface area contributed by atoms with E-state index in [4.69, 9.17) is 28.4 Å². The molecular formula is C21H24BrNO8. The molecule has 0 saturated carbocycles. The highest BCUT2D eigenvalue weighted by atomic mass is 79.9. The third-order valence-corrected chi connectivity index (χ3v) is 4.62. The summed E-state index contributed by atoms with van der Waals surface area (Å²) in [4.78, 5) is 24.7. The zero-order valence-corrected chi connectivity index (χ0v) is 19.5. The van der Waals surface area contributed by atoms with E-state index in [9.17, 15) is 9.59 Å². The lowest BCUT2D eigenvalue weighted by molar-refractivity contribution is -0.119. The number of esters is 1. The molecule has 0 bridgehead atoms. The van der Waals surface area contributed by atoms with Crippen LogP contribution in [0.3, 0.4) is 0 Å². The van der Waals surface area contributed by atoms with E-state index < -0.39 is 18.5 Å². The Hall–Kier alpha value is -3.14. The molecule has 0 aromatic heterocycles. The van der Waals surface area contributed by atoms with Crippen molar-refractivity contribution < 1.29 is 38.0 Å². The summed E-state index contributed by atoms with van der Waals surface area (Å²) < 4.78 is 32.1. The van der Waals surface area contributed by atoms with Crippen molar-refractivity contribution >= 4 is 33.5 Å². The van der Waals surface area contributed by atoms with Gasteiger partial charge in [0.1, 0.15) is 0 Å². The lowest BCUT2D eigenvalue weighted by Gasteiger charge is -2.15. The molecule has 0 unspecified atom stereocenters. The minimum absolute atomic E-state index is 0.205. The summed E-state index contributed by atoms with van der Waals surface area (Å²) in [5.74, 6) is 0.752. The highest BCUT2D eigenvalue weighted by Gasteiger charge is 2.18. The molecule has 1 N–H and O–H groups in total. The Bertz CT molecular complexity index is 922. The molecular weight excluding hydrogens is 474 g/mol. The molecule has 2 aromatic carbocycles. The number of amides is 1. The van der Waals surface area contributed by atoms with Crippen molar-refractivity contribution in [2.75, 3.05) is 47.0 Å². The number of benzene rings is 2. The van der Waals surface area contributed by atoms with Crippen LogP contribution in [0.15, 0.2) is 28.7 Å². The van der Waals surface area contributed by atoms with Gasteiger partial charge in [0.2, 0.25) is 5.75 Å². The summed E-state index contributed by atoms with van der Waals surface area (Å²) in [7, 11) is 5.91. The molecule has 0 fully saturated rings. The van der Waals surface area contributed by atoms with Crippen LogP contribution in [0.25, 0.3) is 0 Å². The normalized spacial score (nSPS) is 10.1. The predicted molar refractivity (Wildman–Crippen MR) is 117 cm³/mol. The Labute approximate surface area is 188 Å². The SMILES string of the molecule is CCOc1cc(C(=O)OCC(=O)Nc2cc(OC)c(OC)c(OC)c2)cc(Br)c1OC. The Kier molecular flexibility index (Phi) is 8.80. The van der Waals surface area contributed by atoms with E-state index in [0.717, 1.165) is 0 Å². The van der Waals surface area contributed by atoms with Gasteiger partial charge in [-0.2, -0.15) is 0 Å². The van der Waals surface area contributed by atoms with Crippen molar-refractivity contribution in [2.45, 2.75) is 6.92 Å². The molecule has 0 aliphatic carbocycles. The third-order valence-electron chi connectivity index (χ3n) is 4.03. The quantitative estimate of drug-likeness (QED) is 0.496. The van der Waals surface area contributed by atoms with Crippen LogP contribution in [0.5, 0.6) is 28.7 Å². The predicted octanol–water partition coefficient (Wildman–Crippen LogP) is 3.68. The van der Waals surface area contributed by atoms with Crippen LogP contribution >= 0.6 is 15.9 Å². The van der Waals surface area contributed by atoms with Crippen molar-refractivity contribution in [2.24, 2.45) is 0 Å². The second-order valence-electron chi connectivity index (χ2n) is 5.96. The van der Waals surface area contributed by atoms with E-state index in [2.05, 4.69) is 21.2 Å². The van der Waals surface area contributed by atoms with E-state index in [0.29, 0.717) is 45.5 Å². The molecule has 0 saturated heterocycles. The molecule has 168 valence electrons. The lowest BCUT2D eigenvalue weighted by Crippen LogP contribution is -2.21. The van der Waals surface area contributed by atoms with E-state index in [1.165, 1.54) is 40.6 Å². The van der Waals surface area contributed by atoms with Crippen molar-refractivity contribution in [1.82, 2.24) is 0 Å². The van der Waals surface area contributed by atoms with Crippen molar-refractivity contribution in [1.29, 1.82) is 0 Å². The number of methoxy groups -OCH3 is 4. The summed E-state index contributed by atoms with van der Waals surface area (Å²) in [5, 5.41) is 2.63. The number of rotatable bonds is 10. The van der Waals surface area contributed by atoms with Gasteiger partial charge in [-0.3, -0.25) is 4.79 Å². The molecule has 2 aromatic rings. The van der Waals surface area contributed by atoms with Crippen LogP contribution in [0.2, 0.25) is 0 Å². The van der Waals surface area contributed by atoms with Crippen molar-refractivity contribution in [3.63, 3.8) is 0 Å². The highest BCUT2D eigenvalue weighted by molar-refractivity contribution is 9.10. The van der Waals surface area contributed by atoms with Gasteiger partial charge in [-0.05, 0) is 35.0 Å². The molecule has 31 heavy (non-hydrogen) atoms. The molecule has 0 atom stereocenters. The van der Waals surface area contributed by atoms with Gasteiger partial charge in [0.25, 0.3) is 5.91 Å². The summed E-state index contributed by atoms with van der Waals surface area (Å²) in [6.45, 7) is 1.70. The number of carbonyl (C=O) groups is 2. The Balaban J connectivity index is 2.09. The van der Waals surface area contributed by atoms with E-state index in [1.54, 1.807) is 12.1 Å². The second kappa shape index (κ2) is 11.3. The van der Waals surface area contributed by atoms with Gasteiger partial charge in [0.15, 0.2) is 29.6 Å². The molecule has 0 spiro atoms. The Morgan fingerprint density at radius 3 is 2.00 bits per heavy atom. The van der Waals surface area contributed by atoms with Crippen LogP contribution in [-0.4, -0.2) is 53.5 Å². The van der Waals surface area contributed by atoms with Gasteiger partial charge in [-0.15, -0.1) is 0 Å². The maximum Gasteiger partial charge on any atom is 0.338 e. The minimum atomic E-state index is -0.690. The molecule has 0 heterocycles. The zero-order valence-electron chi connectivity index (χ0n) is 17.9. The number of hydrogen-bond acceptors (Lipinski definition) is 8. The van der Waals surface area contributed by atoms with Gasteiger partial charge in [0.05, 0.1) is 45.1 Å². The minimum Gasteiger partial charge on any atom is -0.493 e. The lowest BCUT2D eigenvalue weighted by atomic mass is 10.2. The third kappa shape index (κ3) is 5.94. The molecule has 1 amide bonds. The molecule has 0 aliphatic rings. The van der Waals surface area contributed by atoms with Crippen LogP contribution in [0.1, 0.15) is 17.3 Å². The van der Waals surface area contributed by atoms with E-state index in [-0.39, 0.29) is 5.56 Å². The van der Waals surface area contributed by atoms with Gasteiger partial charge in [0, 0.05) is 17.8 Å². The van der Waals surface area contributed by atoms with Crippen LogP contribution in [-0.2, 0) is 9.53 Å². The molecule has 9 nitrogen and oxygen atoms in total. The maximum absolute atomic E-state index is 12.4. The summed E-state index contributed by atoms with van der Waals surface area (Å²) >= 11 is 3.33. The van der Waals surface area contributed by atoms with Gasteiger partial charge < -0.3 is 33.7 Å².